The number of anilines is 1. The number of rotatable bonds is 4. The van der Waals surface area contributed by atoms with Gasteiger partial charge in [0, 0.05) is 11.4 Å². The van der Waals surface area contributed by atoms with Crippen LogP contribution >= 0.6 is 39.3 Å². The van der Waals surface area contributed by atoms with Crippen molar-refractivity contribution in [3.8, 4) is 0 Å². The van der Waals surface area contributed by atoms with E-state index in [-0.39, 0.29) is 0 Å². The third-order valence-corrected chi connectivity index (χ3v) is 4.33. The predicted molar refractivity (Wildman–Crippen MR) is 82.5 cm³/mol. The van der Waals surface area contributed by atoms with Crippen LogP contribution in [0, 0.1) is 0 Å². The first-order chi connectivity index (χ1) is 8.69. The lowest BCUT2D eigenvalue weighted by atomic mass is 10.2. The van der Waals surface area contributed by atoms with Crippen LogP contribution in [-0.2, 0) is 6.54 Å². The average molecular weight is 344 g/mol. The smallest absolute Gasteiger partial charge is 0.143 e. The normalized spacial score (nSPS) is 10.4. The van der Waals surface area contributed by atoms with Crippen molar-refractivity contribution in [2.75, 3.05) is 11.6 Å². The molecule has 1 aromatic heterocycles. The van der Waals surface area contributed by atoms with Crippen LogP contribution < -0.4 is 5.32 Å². The number of hydrogen-bond donors (Lipinski definition) is 1. The molecule has 0 aliphatic heterocycles. The van der Waals surface area contributed by atoms with Gasteiger partial charge in [-0.25, -0.2) is 4.98 Å². The van der Waals surface area contributed by atoms with E-state index in [1.807, 2.05) is 6.07 Å². The molecule has 2 nitrogen and oxygen atoms in total. The van der Waals surface area contributed by atoms with Crippen molar-refractivity contribution in [2.24, 2.45) is 0 Å². The zero-order valence-electron chi connectivity index (χ0n) is 9.78. The fourth-order valence-electron chi connectivity index (χ4n) is 1.47. The molecule has 1 aromatic carbocycles. The SMILES string of the molecule is CSc1ccc(CNc2cnc(Cl)c(Br)c2)cc1. The molecule has 94 valence electrons. The lowest BCUT2D eigenvalue weighted by Crippen LogP contribution is -1.99. The summed E-state index contributed by atoms with van der Waals surface area (Å²) in [4.78, 5) is 5.34. The van der Waals surface area contributed by atoms with Gasteiger partial charge in [0.2, 0.25) is 0 Å². The summed E-state index contributed by atoms with van der Waals surface area (Å²) in [5.41, 5.74) is 2.18. The number of nitrogens with one attached hydrogen (secondary N) is 1. The predicted octanol–water partition coefficient (Wildman–Crippen LogP) is 4.83. The highest BCUT2D eigenvalue weighted by molar-refractivity contribution is 9.10. The molecule has 2 rings (SSSR count). The molecule has 0 atom stereocenters. The Kier molecular flexibility index (Phi) is 4.92. The summed E-state index contributed by atoms with van der Waals surface area (Å²) in [5, 5.41) is 3.79. The van der Waals surface area contributed by atoms with Crippen LogP contribution in [0.3, 0.4) is 0 Å². The minimum Gasteiger partial charge on any atom is -0.380 e. The van der Waals surface area contributed by atoms with Crippen LogP contribution in [-0.4, -0.2) is 11.2 Å². The first kappa shape index (κ1) is 13.7. The second kappa shape index (κ2) is 6.45. The molecule has 1 N–H and O–H groups in total. The summed E-state index contributed by atoms with van der Waals surface area (Å²) in [5.74, 6) is 0. The molecule has 0 saturated heterocycles. The molecule has 0 bridgehead atoms. The van der Waals surface area contributed by atoms with Gasteiger partial charge in [0.05, 0.1) is 16.4 Å². The highest BCUT2D eigenvalue weighted by Gasteiger charge is 2.00. The number of thioether (sulfide) groups is 1. The van der Waals surface area contributed by atoms with E-state index in [0.29, 0.717) is 5.15 Å². The Bertz CT molecular complexity index is 531. The maximum atomic E-state index is 5.84. The van der Waals surface area contributed by atoms with Crippen molar-refractivity contribution in [3.05, 3.63) is 51.7 Å². The second-order valence-corrected chi connectivity index (χ2v) is 5.79. The van der Waals surface area contributed by atoms with Gasteiger partial charge in [-0.05, 0) is 45.9 Å². The minimum atomic E-state index is 0.477. The molecule has 0 saturated carbocycles. The molecule has 1 heterocycles. The number of benzene rings is 1. The van der Waals surface area contributed by atoms with E-state index in [9.17, 15) is 0 Å². The van der Waals surface area contributed by atoms with E-state index >= 15 is 0 Å². The summed E-state index contributed by atoms with van der Waals surface area (Å²) in [6.07, 6.45) is 3.80. The van der Waals surface area contributed by atoms with Gasteiger partial charge in [0.25, 0.3) is 0 Å². The Balaban J connectivity index is 1.99. The summed E-state index contributed by atoms with van der Waals surface area (Å²) in [7, 11) is 0. The van der Waals surface area contributed by atoms with Gasteiger partial charge in [-0.3, -0.25) is 0 Å². The lowest BCUT2D eigenvalue weighted by molar-refractivity contribution is 1.13. The van der Waals surface area contributed by atoms with Crippen LogP contribution in [0.4, 0.5) is 5.69 Å². The second-order valence-electron chi connectivity index (χ2n) is 3.70. The molecule has 0 aliphatic carbocycles. The zero-order chi connectivity index (χ0) is 13.0. The maximum Gasteiger partial charge on any atom is 0.143 e. The average Bonchev–Trinajstić information content (AvgIpc) is 2.41. The Labute approximate surface area is 124 Å². The Morgan fingerprint density at radius 2 is 2.06 bits per heavy atom. The Hall–Kier alpha value is -0.710. The Morgan fingerprint density at radius 3 is 2.67 bits per heavy atom. The number of halogens is 2. The highest BCUT2D eigenvalue weighted by atomic mass is 79.9. The fraction of sp³-hybridized carbons (Fsp3) is 0.154. The van der Waals surface area contributed by atoms with E-state index in [1.54, 1.807) is 18.0 Å². The van der Waals surface area contributed by atoms with Crippen molar-refractivity contribution in [1.82, 2.24) is 4.98 Å². The summed E-state index contributed by atoms with van der Waals surface area (Å²) in [6.45, 7) is 0.768. The van der Waals surface area contributed by atoms with Crippen LogP contribution in [0.2, 0.25) is 5.15 Å². The van der Waals surface area contributed by atoms with E-state index in [2.05, 4.69) is 56.8 Å². The van der Waals surface area contributed by atoms with Crippen molar-refractivity contribution in [1.29, 1.82) is 0 Å². The van der Waals surface area contributed by atoms with Crippen LogP contribution in [0.1, 0.15) is 5.56 Å². The monoisotopic (exact) mass is 342 g/mol. The molecule has 0 unspecified atom stereocenters. The van der Waals surface area contributed by atoms with Crippen molar-refractivity contribution in [2.45, 2.75) is 11.4 Å². The van der Waals surface area contributed by atoms with Gasteiger partial charge in [0.15, 0.2) is 0 Å². The lowest BCUT2D eigenvalue weighted by Gasteiger charge is -2.07. The van der Waals surface area contributed by atoms with Gasteiger partial charge in [-0.1, -0.05) is 23.7 Å². The third kappa shape index (κ3) is 3.64. The topological polar surface area (TPSA) is 24.9 Å². The van der Waals surface area contributed by atoms with Gasteiger partial charge < -0.3 is 5.32 Å². The molecule has 18 heavy (non-hydrogen) atoms. The molecular formula is C13H12BrClN2S. The molecule has 0 aliphatic rings. The van der Waals surface area contributed by atoms with Gasteiger partial charge in [0.1, 0.15) is 5.15 Å². The summed E-state index contributed by atoms with van der Waals surface area (Å²) in [6, 6.07) is 10.4. The third-order valence-electron chi connectivity index (χ3n) is 2.45. The molecule has 5 heteroatoms. The van der Waals surface area contributed by atoms with Crippen molar-refractivity contribution < 1.29 is 0 Å². The quantitative estimate of drug-likeness (QED) is 0.635. The molecule has 0 spiro atoms. The first-order valence-electron chi connectivity index (χ1n) is 5.37. The number of pyridine rings is 1. The van der Waals surface area contributed by atoms with E-state index in [4.69, 9.17) is 11.6 Å². The minimum absolute atomic E-state index is 0.477. The number of aromatic nitrogens is 1. The highest BCUT2D eigenvalue weighted by Crippen LogP contribution is 2.23. The van der Waals surface area contributed by atoms with E-state index < -0.39 is 0 Å². The van der Waals surface area contributed by atoms with Crippen molar-refractivity contribution in [3.63, 3.8) is 0 Å². The van der Waals surface area contributed by atoms with Gasteiger partial charge in [-0.2, -0.15) is 0 Å². The van der Waals surface area contributed by atoms with Crippen LogP contribution in [0.5, 0.6) is 0 Å². The molecule has 0 radical (unpaired) electrons. The van der Waals surface area contributed by atoms with Gasteiger partial charge in [-0.15, -0.1) is 11.8 Å². The summed E-state index contributed by atoms with van der Waals surface area (Å²) >= 11 is 10.9. The molecular weight excluding hydrogens is 332 g/mol. The Morgan fingerprint density at radius 1 is 1.33 bits per heavy atom. The van der Waals surface area contributed by atoms with E-state index in [1.165, 1.54) is 10.5 Å². The molecule has 0 fully saturated rings. The largest absolute Gasteiger partial charge is 0.380 e. The first-order valence-corrected chi connectivity index (χ1v) is 7.76. The van der Waals surface area contributed by atoms with Gasteiger partial charge >= 0.3 is 0 Å². The number of hydrogen-bond acceptors (Lipinski definition) is 3. The summed E-state index contributed by atoms with van der Waals surface area (Å²) < 4.78 is 0.798. The van der Waals surface area contributed by atoms with Crippen molar-refractivity contribution >= 4 is 45.0 Å². The standard InChI is InChI=1S/C13H12BrClN2S/c1-18-11-4-2-9(3-5-11)7-16-10-6-12(14)13(15)17-8-10/h2-6,8,16H,7H2,1H3. The molecule has 2 aromatic rings. The molecule has 0 amide bonds. The maximum absolute atomic E-state index is 5.84. The number of nitrogens with zero attached hydrogens (tertiary/aromatic N) is 1. The fourth-order valence-corrected chi connectivity index (χ4v) is 2.33. The van der Waals surface area contributed by atoms with Crippen LogP contribution in [0.25, 0.3) is 0 Å². The zero-order valence-corrected chi connectivity index (χ0v) is 12.9. The van der Waals surface area contributed by atoms with E-state index in [0.717, 1.165) is 16.7 Å². The van der Waals surface area contributed by atoms with Crippen LogP contribution in [0.15, 0.2) is 45.9 Å².